The van der Waals surface area contributed by atoms with Crippen LogP contribution < -0.4 is 0 Å². The average molecular weight is 199 g/mol. The summed E-state index contributed by atoms with van der Waals surface area (Å²) in [5.74, 6) is 0.402. The van der Waals surface area contributed by atoms with E-state index in [4.69, 9.17) is 9.84 Å². The summed E-state index contributed by atoms with van der Waals surface area (Å²) in [6.07, 6.45) is 2.58. The molecule has 1 amide bonds. The molecule has 80 valence electrons. The molecule has 4 heteroatoms. The van der Waals surface area contributed by atoms with E-state index in [1.54, 1.807) is 0 Å². The number of likely N-dealkylation sites (tertiary alicyclic amines) is 1. The Kier molecular flexibility index (Phi) is 3.03. The zero-order valence-electron chi connectivity index (χ0n) is 8.32. The minimum Gasteiger partial charge on any atom is -0.396 e. The Hall–Kier alpha value is -0.610. The second-order valence-corrected chi connectivity index (χ2v) is 4.12. The van der Waals surface area contributed by atoms with E-state index in [2.05, 4.69) is 0 Å². The number of carbonyl (C=O) groups excluding carboxylic acids is 1. The highest BCUT2D eigenvalue weighted by Gasteiger charge is 2.32. The Morgan fingerprint density at radius 3 is 2.93 bits per heavy atom. The molecule has 1 N–H and O–H groups in total. The summed E-state index contributed by atoms with van der Waals surface area (Å²) in [7, 11) is 0. The quantitative estimate of drug-likeness (QED) is 0.681. The Bertz CT molecular complexity index is 213. The van der Waals surface area contributed by atoms with Crippen LogP contribution in [-0.2, 0) is 9.53 Å². The van der Waals surface area contributed by atoms with E-state index in [0.29, 0.717) is 13.2 Å². The summed E-state index contributed by atoms with van der Waals surface area (Å²) in [4.78, 5) is 13.7. The summed E-state index contributed by atoms with van der Waals surface area (Å²) < 4.78 is 5.34. The normalized spacial score (nSPS) is 32.5. The lowest BCUT2D eigenvalue weighted by molar-refractivity contribution is -0.139. The highest BCUT2D eigenvalue weighted by Crippen LogP contribution is 2.20. The Morgan fingerprint density at radius 1 is 1.50 bits per heavy atom. The second kappa shape index (κ2) is 4.28. The predicted octanol–water partition coefficient (Wildman–Crippen LogP) is 0.00620. The molecule has 2 rings (SSSR count). The first kappa shape index (κ1) is 9.93. The maximum absolute atomic E-state index is 11.8. The molecule has 2 aliphatic rings. The molecule has 0 radical (unpaired) electrons. The van der Waals surface area contributed by atoms with E-state index >= 15 is 0 Å². The summed E-state index contributed by atoms with van der Waals surface area (Å²) in [6, 6.07) is 0. The van der Waals surface area contributed by atoms with Crippen molar-refractivity contribution in [2.24, 2.45) is 5.92 Å². The molecular weight excluding hydrogens is 182 g/mol. The number of nitrogens with zero attached hydrogens (tertiary/aromatic N) is 1. The minimum atomic E-state index is -0.201. The summed E-state index contributed by atoms with van der Waals surface area (Å²) in [6.45, 7) is 2.39. The Labute approximate surface area is 83.8 Å². The van der Waals surface area contributed by atoms with Gasteiger partial charge < -0.3 is 14.7 Å². The van der Waals surface area contributed by atoms with E-state index < -0.39 is 0 Å². The van der Waals surface area contributed by atoms with Crippen LogP contribution in [0.2, 0.25) is 0 Å². The van der Waals surface area contributed by atoms with Gasteiger partial charge in [-0.25, -0.2) is 0 Å². The van der Waals surface area contributed by atoms with Crippen LogP contribution in [0.3, 0.4) is 0 Å². The van der Waals surface area contributed by atoms with Crippen molar-refractivity contribution in [1.29, 1.82) is 0 Å². The highest BCUT2D eigenvalue weighted by molar-refractivity contribution is 5.81. The fourth-order valence-corrected chi connectivity index (χ4v) is 2.16. The number of aliphatic hydroxyl groups excluding tert-OH is 1. The molecule has 2 saturated heterocycles. The van der Waals surface area contributed by atoms with Crippen molar-refractivity contribution in [1.82, 2.24) is 4.90 Å². The fourth-order valence-electron chi connectivity index (χ4n) is 2.16. The van der Waals surface area contributed by atoms with Gasteiger partial charge in [0.2, 0.25) is 0 Å². The molecule has 2 atom stereocenters. The van der Waals surface area contributed by atoms with Gasteiger partial charge in [0.25, 0.3) is 5.91 Å². The van der Waals surface area contributed by atoms with Gasteiger partial charge in [0.15, 0.2) is 0 Å². The SMILES string of the molecule is O=C(C1CCCO1)N1CCC(CO)C1. The van der Waals surface area contributed by atoms with Gasteiger partial charge in [-0.1, -0.05) is 0 Å². The average Bonchev–Trinajstić information content (AvgIpc) is 2.88. The number of amides is 1. The van der Waals surface area contributed by atoms with E-state index in [0.717, 1.165) is 25.8 Å². The summed E-state index contributed by atoms with van der Waals surface area (Å²) in [5, 5.41) is 8.96. The van der Waals surface area contributed by atoms with Crippen molar-refractivity contribution in [3.05, 3.63) is 0 Å². The van der Waals surface area contributed by atoms with Crippen molar-refractivity contribution >= 4 is 5.91 Å². The van der Waals surface area contributed by atoms with Gasteiger partial charge in [0.1, 0.15) is 6.10 Å². The van der Waals surface area contributed by atoms with Gasteiger partial charge >= 0.3 is 0 Å². The molecule has 4 nitrogen and oxygen atoms in total. The van der Waals surface area contributed by atoms with Crippen LogP contribution in [0.15, 0.2) is 0 Å². The number of hydrogen-bond donors (Lipinski definition) is 1. The zero-order valence-corrected chi connectivity index (χ0v) is 8.32. The molecule has 0 bridgehead atoms. The van der Waals surface area contributed by atoms with Crippen molar-refractivity contribution in [2.45, 2.75) is 25.4 Å². The number of rotatable bonds is 2. The van der Waals surface area contributed by atoms with Gasteiger partial charge in [-0.2, -0.15) is 0 Å². The molecule has 0 aromatic carbocycles. The molecule has 2 aliphatic heterocycles. The monoisotopic (exact) mass is 199 g/mol. The van der Waals surface area contributed by atoms with Crippen LogP contribution in [0, 0.1) is 5.92 Å². The lowest BCUT2D eigenvalue weighted by atomic mass is 10.1. The Balaban J connectivity index is 1.86. The van der Waals surface area contributed by atoms with Crippen LogP contribution >= 0.6 is 0 Å². The molecule has 14 heavy (non-hydrogen) atoms. The Morgan fingerprint density at radius 2 is 2.36 bits per heavy atom. The fraction of sp³-hybridized carbons (Fsp3) is 0.900. The summed E-state index contributed by atoms with van der Waals surface area (Å²) in [5.41, 5.74) is 0. The van der Waals surface area contributed by atoms with Gasteiger partial charge in [-0.3, -0.25) is 4.79 Å². The van der Waals surface area contributed by atoms with Crippen molar-refractivity contribution in [3.8, 4) is 0 Å². The predicted molar refractivity (Wildman–Crippen MR) is 50.7 cm³/mol. The van der Waals surface area contributed by atoms with Crippen molar-refractivity contribution in [2.75, 3.05) is 26.3 Å². The topological polar surface area (TPSA) is 49.8 Å². The highest BCUT2D eigenvalue weighted by atomic mass is 16.5. The lowest BCUT2D eigenvalue weighted by Crippen LogP contribution is -2.37. The molecule has 0 aliphatic carbocycles. The molecule has 2 fully saturated rings. The van der Waals surface area contributed by atoms with E-state index in [9.17, 15) is 4.79 Å². The van der Waals surface area contributed by atoms with Crippen LogP contribution in [0.1, 0.15) is 19.3 Å². The van der Waals surface area contributed by atoms with Gasteiger partial charge in [-0.05, 0) is 19.3 Å². The van der Waals surface area contributed by atoms with Crippen LogP contribution in [-0.4, -0.2) is 48.3 Å². The van der Waals surface area contributed by atoms with Crippen LogP contribution in [0.25, 0.3) is 0 Å². The lowest BCUT2D eigenvalue weighted by Gasteiger charge is -2.19. The molecular formula is C10H17NO3. The number of aliphatic hydroxyl groups is 1. The van der Waals surface area contributed by atoms with E-state index in [1.807, 2.05) is 4.90 Å². The number of carbonyl (C=O) groups is 1. The first-order chi connectivity index (χ1) is 6.81. The smallest absolute Gasteiger partial charge is 0.251 e. The third-order valence-electron chi connectivity index (χ3n) is 3.06. The maximum atomic E-state index is 11.8. The molecule has 0 saturated carbocycles. The van der Waals surface area contributed by atoms with Gasteiger partial charge in [-0.15, -0.1) is 0 Å². The molecule has 0 aromatic heterocycles. The first-order valence-electron chi connectivity index (χ1n) is 5.32. The number of ether oxygens (including phenoxy) is 1. The zero-order chi connectivity index (χ0) is 9.97. The number of hydrogen-bond acceptors (Lipinski definition) is 3. The first-order valence-corrected chi connectivity index (χ1v) is 5.32. The molecule has 0 aromatic rings. The third kappa shape index (κ3) is 1.91. The summed E-state index contributed by atoms with van der Waals surface area (Å²) >= 11 is 0. The molecule has 2 heterocycles. The van der Waals surface area contributed by atoms with Crippen molar-refractivity contribution in [3.63, 3.8) is 0 Å². The van der Waals surface area contributed by atoms with Gasteiger partial charge in [0.05, 0.1) is 0 Å². The standard InChI is InChI=1S/C10H17NO3/c12-7-8-3-4-11(6-8)10(13)9-2-1-5-14-9/h8-9,12H,1-7H2. The largest absolute Gasteiger partial charge is 0.396 e. The molecule has 0 spiro atoms. The molecule has 2 unspecified atom stereocenters. The second-order valence-electron chi connectivity index (χ2n) is 4.12. The van der Waals surface area contributed by atoms with Crippen molar-refractivity contribution < 1.29 is 14.6 Å². The maximum Gasteiger partial charge on any atom is 0.251 e. The third-order valence-corrected chi connectivity index (χ3v) is 3.06. The van der Waals surface area contributed by atoms with Crippen LogP contribution in [0.5, 0.6) is 0 Å². The van der Waals surface area contributed by atoms with Crippen LogP contribution in [0.4, 0.5) is 0 Å². The van der Waals surface area contributed by atoms with E-state index in [-0.39, 0.29) is 24.5 Å². The van der Waals surface area contributed by atoms with Gasteiger partial charge in [0, 0.05) is 32.2 Å². The minimum absolute atomic E-state index is 0.124. The van der Waals surface area contributed by atoms with E-state index in [1.165, 1.54) is 0 Å².